The summed E-state index contributed by atoms with van der Waals surface area (Å²) in [7, 11) is 0. The van der Waals surface area contributed by atoms with Gasteiger partial charge in [-0.25, -0.2) is 0 Å². The van der Waals surface area contributed by atoms with E-state index in [9.17, 15) is 4.79 Å². The molecule has 1 aromatic carbocycles. The van der Waals surface area contributed by atoms with Gasteiger partial charge in [-0.1, -0.05) is 30.0 Å². The van der Waals surface area contributed by atoms with Gasteiger partial charge in [0, 0.05) is 0 Å². The minimum atomic E-state index is -0.170. The van der Waals surface area contributed by atoms with E-state index >= 15 is 0 Å². The monoisotopic (exact) mass is 231 g/mol. The molecule has 1 aliphatic heterocycles. The first kappa shape index (κ1) is 9.69. The quantitative estimate of drug-likeness (QED) is 0.755. The Morgan fingerprint density at radius 3 is 3.00 bits per heavy atom. The van der Waals surface area contributed by atoms with E-state index in [-0.39, 0.29) is 10.8 Å². The van der Waals surface area contributed by atoms with Crippen LogP contribution in [0.5, 0.6) is 0 Å². The van der Waals surface area contributed by atoms with Crippen molar-refractivity contribution >= 4 is 28.8 Å². The van der Waals surface area contributed by atoms with Crippen LogP contribution >= 0.6 is 11.8 Å². The van der Waals surface area contributed by atoms with Gasteiger partial charge < -0.3 is 10.2 Å². The molecule has 0 amide bonds. The van der Waals surface area contributed by atoms with Crippen LogP contribution in [0, 0.1) is 0 Å². The molecule has 1 atom stereocenters. The molecule has 3 rings (SSSR count). The molecule has 2 N–H and O–H groups in total. The molecule has 4 heteroatoms. The van der Waals surface area contributed by atoms with Crippen molar-refractivity contribution in [3.05, 3.63) is 46.3 Å². The Morgan fingerprint density at radius 2 is 2.12 bits per heavy atom. The lowest BCUT2D eigenvalue weighted by Gasteiger charge is -2.13. The second-order valence-electron chi connectivity index (χ2n) is 3.56. The standard InChI is InChI=1S/C12H9NO2S/c13-10-6-5-9-12(16-10)11(14)7-3-1-2-4-8(7)15-9/h1-6,10H,13H2. The maximum Gasteiger partial charge on any atom is 0.206 e. The van der Waals surface area contributed by atoms with Gasteiger partial charge in [0.1, 0.15) is 16.2 Å². The summed E-state index contributed by atoms with van der Waals surface area (Å²) >= 11 is 1.34. The highest BCUT2D eigenvalue weighted by atomic mass is 32.2. The molecule has 0 fully saturated rings. The molecule has 1 aromatic heterocycles. The summed E-state index contributed by atoms with van der Waals surface area (Å²) in [5.41, 5.74) is 6.38. The minimum absolute atomic E-state index is 0.00153. The first-order chi connectivity index (χ1) is 7.75. The number of hydrogen-bond donors (Lipinski definition) is 1. The van der Waals surface area contributed by atoms with E-state index < -0.39 is 0 Å². The summed E-state index contributed by atoms with van der Waals surface area (Å²) in [5, 5.41) is 0.438. The van der Waals surface area contributed by atoms with Gasteiger partial charge in [0.15, 0.2) is 0 Å². The zero-order valence-corrected chi connectivity index (χ0v) is 9.16. The molecule has 1 unspecified atom stereocenters. The molecule has 0 saturated heterocycles. The van der Waals surface area contributed by atoms with Gasteiger partial charge in [-0.15, -0.1) is 0 Å². The summed E-state index contributed by atoms with van der Waals surface area (Å²) in [6.07, 6.45) is 3.59. The van der Waals surface area contributed by atoms with E-state index in [1.807, 2.05) is 18.2 Å². The minimum Gasteiger partial charge on any atom is -0.455 e. The molecule has 80 valence electrons. The Bertz CT molecular complexity index is 645. The van der Waals surface area contributed by atoms with Gasteiger partial charge in [-0.2, -0.15) is 0 Å². The maximum absolute atomic E-state index is 12.1. The number of benzene rings is 1. The molecule has 0 bridgehead atoms. The third-order valence-corrected chi connectivity index (χ3v) is 3.52. The summed E-state index contributed by atoms with van der Waals surface area (Å²) in [6, 6.07) is 7.24. The maximum atomic E-state index is 12.1. The Labute approximate surface area is 95.9 Å². The van der Waals surface area contributed by atoms with E-state index in [1.54, 1.807) is 18.2 Å². The van der Waals surface area contributed by atoms with E-state index in [4.69, 9.17) is 10.2 Å². The average molecular weight is 231 g/mol. The lowest BCUT2D eigenvalue weighted by Crippen LogP contribution is -2.18. The van der Waals surface area contributed by atoms with Gasteiger partial charge >= 0.3 is 0 Å². The Morgan fingerprint density at radius 1 is 1.31 bits per heavy atom. The molecule has 1 aliphatic rings. The number of para-hydroxylation sites is 1. The average Bonchev–Trinajstić information content (AvgIpc) is 2.31. The SMILES string of the molecule is NC1C=Cc2oc3ccccc3c(=O)c2S1. The third kappa shape index (κ3) is 1.38. The van der Waals surface area contributed by atoms with Gasteiger partial charge in [-0.3, -0.25) is 4.79 Å². The van der Waals surface area contributed by atoms with Crippen LogP contribution in [0.4, 0.5) is 0 Å². The predicted octanol–water partition coefficient (Wildman–Crippen LogP) is 2.20. The molecule has 0 spiro atoms. The molecule has 3 nitrogen and oxygen atoms in total. The lowest BCUT2D eigenvalue weighted by atomic mass is 10.2. The van der Waals surface area contributed by atoms with Crippen molar-refractivity contribution in [1.82, 2.24) is 0 Å². The molecule has 0 saturated carbocycles. The van der Waals surface area contributed by atoms with Crippen LogP contribution in [-0.2, 0) is 0 Å². The van der Waals surface area contributed by atoms with Crippen molar-refractivity contribution in [2.75, 3.05) is 0 Å². The van der Waals surface area contributed by atoms with Crippen molar-refractivity contribution in [3.63, 3.8) is 0 Å². The second kappa shape index (κ2) is 3.50. The fourth-order valence-corrected chi connectivity index (χ4v) is 2.59. The zero-order chi connectivity index (χ0) is 11.1. The van der Waals surface area contributed by atoms with Crippen LogP contribution in [0.1, 0.15) is 5.76 Å². The Hall–Kier alpha value is -1.52. The summed E-state index contributed by atoms with van der Waals surface area (Å²) in [6.45, 7) is 0. The van der Waals surface area contributed by atoms with E-state index in [0.29, 0.717) is 21.6 Å². The fraction of sp³-hybridized carbons (Fsp3) is 0.0833. The molecule has 2 heterocycles. The highest BCUT2D eigenvalue weighted by Crippen LogP contribution is 2.30. The summed E-state index contributed by atoms with van der Waals surface area (Å²) < 4.78 is 5.65. The van der Waals surface area contributed by atoms with Gasteiger partial charge in [-0.05, 0) is 18.2 Å². The molecular weight excluding hydrogens is 222 g/mol. The Kier molecular flexibility index (Phi) is 2.12. The smallest absolute Gasteiger partial charge is 0.206 e. The summed E-state index contributed by atoms with van der Waals surface area (Å²) in [5.74, 6) is 0.607. The lowest BCUT2D eigenvalue weighted by molar-refractivity contribution is 0.573. The van der Waals surface area contributed by atoms with E-state index in [2.05, 4.69) is 0 Å². The largest absolute Gasteiger partial charge is 0.455 e. The second-order valence-corrected chi connectivity index (χ2v) is 4.75. The number of nitrogens with two attached hydrogens (primary N) is 1. The van der Waals surface area contributed by atoms with Crippen molar-refractivity contribution in [1.29, 1.82) is 0 Å². The normalized spacial score (nSPS) is 18.7. The van der Waals surface area contributed by atoms with Crippen LogP contribution in [0.3, 0.4) is 0 Å². The van der Waals surface area contributed by atoms with Crippen LogP contribution in [0.15, 0.2) is 44.4 Å². The third-order valence-electron chi connectivity index (χ3n) is 2.47. The topological polar surface area (TPSA) is 56.2 Å². The number of hydrogen-bond acceptors (Lipinski definition) is 4. The predicted molar refractivity (Wildman–Crippen MR) is 65.4 cm³/mol. The van der Waals surface area contributed by atoms with Crippen molar-refractivity contribution < 1.29 is 4.42 Å². The van der Waals surface area contributed by atoms with Crippen LogP contribution in [-0.4, -0.2) is 5.37 Å². The highest BCUT2D eigenvalue weighted by molar-refractivity contribution is 8.00. The molecule has 0 aliphatic carbocycles. The molecule has 16 heavy (non-hydrogen) atoms. The fourth-order valence-electron chi connectivity index (χ4n) is 1.72. The van der Waals surface area contributed by atoms with E-state index in [0.717, 1.165) is 0 Å². The highest BCUT2D eigenvalue weighted by Gasteiger charge is 2.18. The van der Waals surface area contributed by atoms with Crippen LogP contribution in [0.25, 0.3) is 17.0 Å². The Balaban J connectivity index is 2.40. The van der Waals surface area contributed by atoms with Crippen molar-refractivity contribution in [3.8, 4) is 0 Å². The van der Waals surface area contributed by atoms with E-state index in [1.165, 1.54) is 11.8 Å². The van der Waals surface area contributed by atoms with Gasteiger partial charge in [0.05, 0.1) is 10.8 Å². The van der Waals surface area contributed by atoms with Crippen molar-refractivity contribution in [2.24, 2.45) is 5.73 Å². The van der Waals surface area contributed by atoms with Gasteiger partial charge in [0.2, 0.25) is 5.43 Å². The number of rotatable bonds is 0. The molecular formula is C12H9NO2S. The molecule has 2 aromatic rings. The van der Waals surface area contributed by atoms with Crippen LogP contribution < -0.4 is 11.2 Å². The summed E-state index contributed by atoms with van der Waals surface area (Å²) in [4.78, 5) is 12.8. The van der Waals surface area contributed by atoms with Crippen molar-refractivity contribution in [2.45, 2.75) is 10.3 Å². The number of fused-ring (bicyclic) bond motifs is 2. The molecule has 0 radical (unpaired) electrons. The van der Waals surface area contributed by atoms with Gasteiger partial charge in [0.25, 0.3) is 0 Å². The first-order valence-electron chi connectivity index (χ1n) is 4.92. The number of thioether (sulfide) groups is 1. The first-order valence-corrected chi connectivity index (χ1v) is 5.80. The zero-order valence-electron chi connectivity index (χ0n) is 8.34. The van der Waals surface area contributed by atoms with Crippen LogP contribution in [0.2, 0.25) is 0 Å².